The third-order valence-electron chi connectivity index (χ3n) is 11.8. The highest BCUT2D eigenvalue weighted by atomic mass is 16.7. The van der Waals surface area contributed by atoms with Gasteiger partial charge in [-0.3, -0.25) is 4.79 Å². The number of carbonyl (C=O) groups excluding carboxylic acids is 1. The molecule has 32 heavy (non-hydrogen) atoms. The summed E-state index contributed by atoms with van der Waals surface area (Å²) in [6.45, 7) is 10.2. The van der Waals surface area contributed by atoms with E-state index in [1.54, 1.807) is 0 Å². The molecule has 2 N–H and O–H groups in total. The van der Waals surface area contributed by atoms with E-state index in [1.807, 2.05) is 0 Å². The number of carbonyl (C=O) groups is 1. The van der Waals surface area contributed by atoms with Crippen LogP contribution in [0.25, 0.3) is 0 Å². The Hall–Kier alpha value is -0.490. The zero-order chi connectivity index (χ0) is 22.6. The van der Waals surface area contributed by atoms with Gasteiger partial charge in [0.15, 0.2) is 11.6 Å². The van der Waals surface area contributed by atoms with E-state index in [4.69, 9.17) is 9.47 Å². The molecule has 0 amide bonds. The van der Waals surface area contributed by atoms with Crippen molar-refractivity contribution in [2.75, 3.05) is 6.61 Å². The Balaban J connectivity index is 1.29. The fourth-order valence-corrected chi connectivity index (χ4v) is 10.2. The van der Waals surface area contributed by atoms with Crippen LogP contribution < -0.4 is 0 Å². The minimum atomic E-state index is -0.886. The average Bonchev–Trinajstić information content (AvgIpc) is 3.18. The molecule has 0 aromatic rings. The van der Waals surface area contributed by atoms with Crippen LogP contribution in [0, 0.1) is 52.3 Å². The first-order valence-electron chi connectivity index (χ1n) is 13.3. The third kappa shape index (κ3) is 2.74. The second-order valence-electron chi connectivity index (χ2n) is 13.2. The van der Waals surface area contributed by atoms with Gasteiger partial charge in [0.1, 0.15) is 6.10 Å². The van der Waals surface area contributed by atoms with Crippen molar-refractivity contribution in [2.45, 2.75) is 103 Å². The molecule has 4 saturated carbocycles. The molecule has 1 spiro atoms. The largest absolute Gasteiger partial charge is 0.393 e. The molecule has 6 rings (SSSR count). The van der Waals surface area contributed by atoms with E-state index in [-0.39, 0.29) is 34.4 Å². The Kier molecular flexibility index (Phi) is 4.83. The van der Waals surface area contributed by atoms with Gasteiger partial charge in [0, 0.05) is 18.8 Å². The second kappa shape index (κ2) is 7.02. The zero-order valence-electron chi connectivity index (χ0n) is 20.3. The lowest BCUT2D eigenvalue weighted by Gasteiger charge is -2.62. The quantitative estimate of drug-likeness (QED) is 0.589. The molecule has 0 radical (unpaired) electrons. The minimum Gasteiger partial charge on any atom is -0.393 e. The van der Waals surface area contributed by atoms with Crippen LogP contribution in [-0.4, -0.2) is 46.7 Å². The van der Waals surface area contributed by atoms with Crippen LogP contribution in [0.5, 0.6) is 0 Å². The van der Waals surface area contributed by atoms with Gasteiger partial charge in [-0.2, -0.15) is 0 Å². The Morgan fingerprint density at radius 2 is 1.72 bits per heavy atom. The van der Waals surface area contributed by atoms with Gasteiger partial charge in [-0.15, -0.1) is 0 Å². The number of ketones is 1. The fourth-order valence-electron chi connectivity index (χ4n) is 10.2. The molecule has 13 atom stereocenters. The highest BCUT2D eigenvalue weighted by Gasteiger charge is 2.70. The number of aliphatic hydroxyl groups is 2. The number of hydrogen-bond acceptors (Lipinski definition) is 5. The SMILES string of the molecule is CC1C2C(CC3C4C[C@@H](O)[C@H]5C[C@@H](O)C(=O)C[C@]5(C)C4CC[C@@]32C)O[C@]12CC[C@@H](C)CO2. The van der Waals surface area contributed by atoms with Crippen molar-refractivity contribution >= 4 is 5.78 Å². The third-order valence-corrected chi connectivity index (χ3v) is 11.8. The van der Waals surface area contributed by atoms with Gasteiger partial charge in [-0.25, -0.2) is 0 Å². The Morgan fingerprint density at radius 1 is 0.938 bits per heavy atom. The van der Waals surface area contributed by atoms with Crippen molar-refractivity contribution in [1.29, 1.82) is 0 Å². The van der Waals surface area contributed by atoms with Crippen molar-refractivity contribution in [3.63, 3.8) is 0 Å². The topological polar surface area (TPSA) is 76.0 Å². The number of Topliss-reactive ketones (excluding diaryl/α,β-unsaturated/α-hetero) is 1. The number of aliphatic hydroxyl groups excluding tert-OH is 2. The van der Waals surface area contributed by atoms with E-state index >= 15 is 0 Å². The monoisotopic (exact) mass is 446 g/mol. The second-order valence-corrected chi connectivity index (χ2v) is 13.2. The van der Waals surface area contributed by atoms with Gasteiger partial charge in [-0.1, -0.05) is 27.7 Å². The molecule has 6 fully saturated rings. The molecular weight excluding hydrogens is 404 g/mol. The van der Waals surface area contributed by atoms with E-state index in [2.05, 4.69) is 27.7 Å². The van der Waals surface area contributed by atoms with Crippen molar-refractivity contribution in [1.82, 2.24) is 0 Å². The summed E-state index contributed by atoms with van der Waals surface area (Å²) in [6, 6.07) is 0. The van der Waals surface area contributed by atoms with Gasteiger partial charge in [0.2, 0.25) is 0 Å². The highest BCUT2D eigenvalue weighted by Crippen LogP contribution is 2.71. The van der Waals surface area contributed by atoms with Crippen molar-refractivity contribution in [3.8, 4) is 0 Å². The summed E-state index contributed by atoms with van der Waals surface area (Å²) in [5.41, 5.74) is 0.0241. The number of ether oxygens (including phenoxy) is 2. The summed E-state index contributed by atoms with van der Waals surface area (Å²) in [6.07, 6.45) is 6.19. The molecule has 2 heterocycles. The Bertz CT molecular complexity index is 789. The molecular formula is C27H42O5. The Morgan fingerprint density at radius 3 is 2.44 bits per heavy atom. The predicted molar refractivity (Wildman–Crippen MR) is 120 cm³/mol. The molecule has 180 valence electrons. The smallest absolute Gasteiger partial charge is 0.171 e. The molecule has 6 aliphatic rings. The van der Waals surface area contributed by atoms with E-state index in [1.165, 1.54) is 12.8 Å². The maximum absolute atomic E-state index is 12.6. The van der Waals surface area contributed by atoms with Crippen LogP contribution in [0.2, 0.25) is 0 Å². The molecule has 0 bridgehead atoms. The summed E-state index contributed by atoms with van der Waals surface area (Å²) in [5.74, 6) is 2.60. The first-order chi connectivity index (χ1) is 15.1. The first kappa shape index (κ1) is 22.0. The first-order valence-corrected chi connectivity index (χ1v) is 13.3. The average molecular weight is 447 g/mol. The number of fused-ring (bicyclic) bond motifs is 7. The van der Waals surface area contributed by atoms with E-state index < -0.39 is 12.2 Å². The lowest BCUT2D eigenvalue weighted by Crippen LogP contribution is -2.60. The van der Waals surface area contributed by atoms with Gasteiger partial charge in [0.05, 0.1) is 18.8 Å². The van der Waals surface area contributed by atoms with Crippen LogP contribution in [-0.2, 0) is 14.3 Å². The maximum atomic E-state index is 12.6. The van der Waals surface area contributed by atoms with Crippen LogP contribution in [0.4, 0.5) is 0 Å². The van der Waals surface area contributed by atoms with Gasteiger partial charge in [-0.05, 0) is 84.9 Å². The lowest BCUT2D eigenvalue weighted by atomic mass is 9.43. The van der Waals surface area contributed by atoms with Crippen LogP contribution >= 0.6 is 0 Å². The normalized spacial score (nSPS) is 61.8. The molecule has 0 aromatic carbocycles. The van der Waals surface area contributed by atoms with Gasteiger partial charge >= 0.3 is 0 Å². The summed E-state index contributed by atoms with van der Waals surface area (Å²) < 4.78 is 13.3. The minimum absolute atomic E-state index is 0.0178. The molecule has 5 heteroatoms. The summed E-state index contributed by atoms with van der Waals surface area (Å²) in [4.78, 5) is 12.6. The Labute approximate surface area is 192 Å². The summed E-state index contributed by atoms with van der Waals surface area (Å²) in [7, 11) is 0. The maximum Gasteiger partial charge on any atom is 0.171 e. The van der Waals surface area contributed by atoms with E-state index in [9.17, 15) is 15.0 Å². The predicted octanol–water partition coefficient (Wildman–Crippen LogP) is 3.94. The molecule has 2 aliphatic heterocycles. The van der Waals surface area contributed by atoms with Crippen LogP contribution in [0.1, 0.15) is 79.1 Å². The zero-order valence-corrected chi connectivity index (χ0v) is 20.3. The standard InChI is InChI=1S/C27H42O5/c1-14-5-8-27(31-13-14)15(2)24-23(32-27)11-18-16-9-20(28)19-10-21(29)22(30)12-26(19,4)17(16)6-7-25(18,24)3/h14-21,23-24,28-29H,5-13H2,1-4H3/t14-,15?,16?,17?,18?,19-,20-,21-,23?,24?,25+,26-,27-/m1/s1. The molecule has 0 aromatic heterocycles. The van der Waals surface area contributed by atoms with Crippen molar-refractivity contribution in [3.05, 3.63) is 0 Å². The van der Waals surface area contributed by atoms with Crippen LogP contribution in [0.15, 0.2) is 0 Å². The van der Waals surface area contributed by atoms with Crippen molar-refractivity contribution < 1.29 is 24.5 Å². The number of rotatable bonds is 0. The van der Waals surface area contributed by atoms with Gasteiger partial charge < -0.3 is 19.7 Å². The highest BCUT2D eigenvalue weighted by molar-refractivity contribution is 5.84. The van der Waals surface area contributed by atoms with E-state index in [0.29, 0.717) is 48.3 Å². The molecule has 6 unspecified atom stereocenters. The lowest BCUT2D eigenvalue weighted by molar-refractivity contribution is -0.273. The van der Waals surface area contributed by atoms with Crippen LogP contribution in [0.3, 0.4) is 0 Å². The van der Waals surface area contributed by atoms with Crippen molar-refractivity contribution in [2.24, 2.45) is 52.3 Å². The summed E-state index contributed by atoms with van der Waals surface area (Å²) >= 11 is 0. The number of hydrogen-bond donors (Lipinski definition) is 2. The molecule has 2 saturated heterocycles. The fraction of sp³-hybridized carbons (Fsp3) is 0.963. The summed E-state index contributed by atoms with van der Waals surface area (Å²) in [5, 5.41) is 21.4. The molecule has 5 nitrogen and oxygen atoms in total. The van der Waals surface area contributed by atoms with E-state index in [0.717, 1.165) is 32.3 Å². The molecule has 4 aliphatic carbocycles. The van der Waals surface area contributed by atoms with Gasteiger partial charge in [0.25, 0.3) is 0 Å².